The Morgan fingerprint density at radius 3 is 2.50 bits per heavy atom. The highest BCUT2D eigenvalue weighted by Crippen LogP contribution is 2.21. The molecule has 0 bridgehead atoms. The average molecular weight is 173 g/mol. The molecule has 0 atom stereocenters. The molecule has 1 aliphatic carbocycles. The fourth-order valence-corrected chi connectivity index (χ4v) is 2.01. The van der Waals surface area contributed by atoms with Gasteiger partial charge in [-0.05, 0) is 26.3 Å². The number of halogens is 1. The van der Waals surface area contributed by atoms with Crippen LogP contribution < -0.4 is 0 Å². The second kappa shape index (κ2) is 5.52. The van der Waals surface area contributed by atoms with Crippen molar-refractivity contribution in [3.63, 3.8) is 0 Å². The summed E-state index contributed by atoms with van der Waals surface area (Å²) in [6.07, 6.45) is 7.47. The highest BCUT2D eigenvalue weighted by atomic mass is 19.1. The molecule has 0 spiro atoms. The molecule has 0 radical (unpaired) electrons. The van der Waals surface area contributed by atoms with Crippen molar-refractivity contribution >= 4 is 0 Å². The van der Waals surface area contributed by atoms with Crippen LogP contribution in [0.15, 0.2) is 0 Å². The molecule has 2 heteroatoms. The predicted octanol–water partition coefficient (Wildman–Crippen LogP) is 2.61. The summed E-state index contributed by atoms with van der Waals surface area (Å²) in [6, 6.07) is 0.741. The van der Waals surface area contributed by atoms with Gasteiger partial charge in [-0.2, -0.15) is 0 Å². The van der Waals surface area contributed by atoms with Crippen molar-refractivity contribution in [3.8, 4) is 0 Å². The number of alkyl halides is 1. The van der Waals surface area contributed by atoms with Crippen molar-refractivity contribution in [3.05, 3.63) is 0 Å². The Bertz CT molecular complexity index is 110. The van der Waals surface area contributed by atoms with Gasteiger partial charge in [0.05, 0.1) is 6.67 Å². The Hall–Kier alpha value is -0.110. The molecule has 1 saturated carbocycles. The Labute approximate surface area is 74.9 Å². The number of hydrogen-bond donors (Lipinski definition) is 0. The summed E-state index contributed by atoms with van der Waals surface area (Å²) in [5.74, 6) is 0. The van der Waals surface area contributed by atoms with Gasteiger partial charge in [0.25, 0.3) is 0 Å². The van der Waals surface area contributed by atoms with Crippen LogP contribution >= 0.6 is 0 Å². The van der Waals surface area contributed by atoms with Crippen molar-refractivity contribution in [2.24, 2.45) is 0 Å². The molecule has 1 nitrogen and oxygen atoms in total. The summed E-state index contributed by atoms with van der Waals surface area (Å²) in [6.45, 7) is 0.762. The first kappa shape index (κ1) is 9.97. The number of nitrogens with zero attached hydrogens (tertiary/aromatic N) is 1. The van der Waals surface area contributed by atoms with Crippen LogP contribution in [0.4, 0.5) is 4.39 Å². The van der Waals surface area contributed by atoms with Crippen LogP contribution in [-0.2, 0) is 0 Å². The van der Waals surface area contributed by atoms with Crippen LogP contribution in [0.5, 0.6) is 0 Å². The van der Waals surface area contributed by atoms with Crippen molar-refractivity contribution in [1.29, 1.82) is 0 Å². The number of rotatable bonds is 4. The average Bonchev–Trinajstić information content (AvgIpc) is 2.15. The maximum absolute atomic E-state index is 11.9. The van der Waals surface area contributed by atoms with Gasteiger partial charge in [-0.1, -0.05) is 19.3 Å². The van der Waals surface area contributed by atoms with Crippen LogP contribution in [-0.4, -0.2) is 31.2 Å². The van der Waals surface area contributed by atoms with Crippen LogP contribution in [0, 0.1) is 0 Å². The first-order valence-electron chi connectivity index (χ1n) is 5.11. The third-order valence-electron chi connectivity index (χ3n) is 2.84. The van der Waals surface area contributed by atoms with E-state index >= 15 is 0 Å². The second-order valence-corrected chi connectivity index (χ2v) is 3.81. The van der Waals surface area contributed by atoms with Crippen molar-refractivity contribution in [1.82, 2.24) is 4.90 Å². The lowest BCUT2D eigenvalue weighted by Gasteiger charge is -2.30. The summed E-state index contributed by atoms with van der Waals surface area (Å²) in [5, 5.41) is 0. The molecular weight excluding hydrogens is 153 g/mol. The van der Waals surface area contributed by atoms with Crippen molar-refractivity contribution in [2.75, 3.05) is 20.3 Å². The molecule has 0 heterocycles. The highest BCUT2D eigenvalue weighted by molar-refractivity contribution is 4.73. The maximum Gasteiger partial charge on any atom is 0.0906 e. The molecular formula is C10H20FN. The minimum atomic E-state index is -0.170. The van der Waals surface area contributed by atoms with E-state index in [1.807, 2.05) is 0 Å². The third kappa shape index (κ3) is 3.10. The molecule has 72 valence electrons. The van der Waals surface area contributed by atoms with E-state index < -0.39 is 0 Å². The van der Waals surface area contributed by atoms with Gasteiger partial charge in [-0.25, -0.2) is 0 Å². The molecule has 1 fully saturated rings. The van der Waals surface area contributed by atoms with E-state index in [1.54, 1.807) is 0 Å². The van der Waals surface area contributed by atoms with Crippen LogP contribution in [0.25, 0.3) is 0 Å². The van der Waals surface area contributed by atoms with E-state index in [-0.39, 0.29) is 6.67 Å². The molecule has 0 aliphatic heterocycles. The van der Waals surface area contributed by atoms with Gasteiger partial charge in [0.1, 0.15) is 0 Å². The Morgan fingerprint density at radius 2 is 1.92 bits per heavy atom. The van der Waals surface area contributed by atoms with Crippen molar-refractivity contribution < 1.29 is 4.39 Å². The fourth-order valence-electron chi connectivity index (χ4n) is 2.01. The molecule has 1 rings (SSSR count). The lowest BCUT2D eigenvalue weighted by molar-refractivity contribution is 0.185. The van der Waals surface area contributed by atoms with Gasteiger partial charge < -0.3 is 4.90 Å². The molecule has 1 aliphatic rings. The standard InChI is InChI=1S/C10H20FN/c1-12(9-5-8-11)10-6-3-2-4-7-10/h10H,2-9H2,1H3. The molecule has 0 N–H and O–H groups in total. The largest absolute Gasteiger partial charge is 0.303 e. The van der Waals surface area contributed by atoms with E-state index in [9.17, 15) is 4.39 Å². The van der Waals surface area contributed by atoms with Gasteiger partial charge in [0, 0.05) is 12.6 Å². The molecule has 0 saturated heterocycles. The van der Waals surface area contributed by atoms with Gasteiger partial charge in [-0.15, -0.1) is 0 Å². The second-order valence-electron chi connectivity index (χ2n) is 3.81. The van der Waals surface area contributed by atoms with E-state index in [4.69, 9.17) is 0 Å². The van der Waals surface area contributed by atoms with Crippen molar-refractivity contribution in [2.45, 2.75) is 44.6 Å². The summed E-state index contributed by atoms with van der Waals surface area (Å²) in [4.78, 5) is 2.33. The zero-order valence-electron chi connectivity index (χ0n) is 8.06. The summed E-state index contributed by atoms with van der Waals surface area (Å²) in [5.41, 5.74) is 0. The Kier molecular flexibility index (Phi) is 4.59. The smallest absolute Gasteiger partial charge is 0.0906 e. The first-order valence-corrected chi connectivity index (χ1v) is 5.11. The molecule has 0 aromatic rings. The third-order valence-corrected chi connectivity index (χ3v) is 2.84. The normalized spacial score (nSPS) is 20.2. The predicted molar refractivity (Wildman–Crippen MR) is 50.1 cm³/mol. The van der Waals surface area contributed by atoms with Crippen LogP contribution in [0.1, 0.15) is 38.5 Å². The lowest BCUT2D eigenvalue weighted by atomic mass is 9.94. The van der Waals surface area contributed by atoms with Gasteiger partial charge >= 0.3 is 0 Å². The van der Waals surface area contributed by atoms with Crippen LogP contribution in [0.2, 0.25) is 0 Å². The zero-order chi connectivity index (χ0) is 8.81. The van der Waals surface area contributed by atoms with Gasteiger partial charge in [0.2, 0.25) is 0 Å². The Balaban J connectivity index is 2.15. The van der Waals surface area contributed by atoms with E-state index in [0.29, 0.717) is 6.42 Å². The minimum absolute atomic E-state index is 0.170. The lowest BCUT2D eigenvalue weighted by Crippen LogP contribution is -2.34. The molecule has 0 aromatic carbocycles. The first-order chi connectivity index (χ1) is 5.84. The summed E-state index contributed by atoms with van der Waals surface area (Å²) in [7, 11) is 2.13. The fraction of sp³-hybridized carbons (Fsp3) is 1.00. The van der Waals surface area contributed by atoms with Crippen LogP contribution in [0.3, 0.4) is 0 Å². The van der Waals surface area contributed by atoms with E-state index in [2.05, 4.69) is 11.9 Å². The number of hydrogen-bond acceptors (Lipinski definition) is 1. The molecule has 0 unspecified atom stereocenters. The zero-order valence-corrected chi connectivity index (χ0v) is 8.06. The van der Waals surface area contributed by atoms with E-state index in [1.165, 1.54) is 32.1 Å². The molecule has 0 aromatic heterocycles. The summed E-state index contributed by atoms with van der Waals surface area (Å²) >= 11 is 0. The SMILES string of the molecule is CN(CCCF)C1CCCCC1. The summed E-state index contributed by atoms with van der Waals surface area (Å²) < 4.78 is 11.9. The minimum Gasteiger partial charge on any atom is -0.303 e. The molecule has 0 amide bonds. The van der Waals surface area contributed by atoms with Gasteiger partial charge in [-0.3, -0.25) is 4.39 Å². The van der Waals surface area contributed by atoms with Gasteiger partial charge in [0.15, 0.2) is 0 Å². The van der Waals surface area contributed by atoms with E-state index in [0.717, 1.165) is 12.6 Å². The monoisotopic (exact) mass is 173 g/mol. The highest BCUT2D eigenvalue weighted by Gasteiger charge is 2.16. The topological polar surface area (TPSA) is 3.24 Å². The quantitative estimate of drug-likeness (QED) is 0.631. The Morgan fingerprint density at radius 1 is 1.25 bits per heavy atom. The maximum atomic E-state index is 11.9. The molecule has 12 heavy (non-hydrogen) atoms.